The summed E-state index contributed by atoms with van der Waals surface area (Å²) in [4.78, 5) is 10.6. The highest BCUT2D eigenvalue weighted by molar-refractivity contribution is 5.70. The standard InChI is InChI=1S/C14H20O3/c1-2-3-4-5-9-17-13-8-6-7-12(10-13)11-14(15)16/h6-8,10H,2-5,9,11H2,1H3,(H,15,16). The van der Waals surface area contributed by atoms with Crippen LogP contribution >= 0.6 is 0 Å². The van der Waals surface area contributed by atoms with Crippen LogP contribution in [-0.4, -0.2) is 17.7 Å². The van der Waals surface area contributed by atoms with Crippen molar-refractivity contribution >= 4 is 5.97 Å². The van der Waals surface area contributed by atoms with Crippen molar-refractivity contribution < 1.29 is 14.6 Å². The second kappa shape index (κ2) is 7.71. The van der Waals surface area contributed by atoms with E-state index in [-0.39, 0.29) is 6.42 Å². The second-order valence-electron chi connectivity index (χ2n) is 4.13. The number of hydrogen-bond acceptors (Lipinski definition) is 2. The minimum atomic E-state index is -0.815. The highest BCUT2D eigenvalue weighted by Crippen LogP contribution is 2.14. The van der Waals surface area contributed by atoms with Gasteiger partial charge in [0, 0.05) is 0 Å². The SMILES string of the molecule is CCCCCCOc1cccc(CC(=O)O)c1. The molecule has 0 fully saturated rings. The van der Waals surface area contributed by atoms with E-state index in [0.29, 0.717) is 6.61 Å². The summed E-state index contributed by atoms with van der Waals surface area (Å²) in [5.74, 6) is -0.0506. The Bertz CT molecular complexity index is 347. The van der Waals surface area contributed by atoms with Crippen molar-refractivity contribution in [2.24, 2.45) is 0 Å². The number of carboxylic acid groups (broad SMARTS) is 1. The Morgan fingerprint density at radius 2 is 2.12 bits per heavy atom. The lowest BCUT2D eigenvalue weighted by molar-refractivity contribution is -0.136. The third-order valence-electron chi connectivity index (χ3n) is 2.52. The molecule has 94 valence electrons. The zero-order valence-electron chi connectivity index (χ0n) is 10.3. The fourth-order valence-electron chi connectivity index (χ4n) is 1.64. The summed E-state index contributed by atoms with van der Waals surface area (Å²) in [5, 5.41) is 8.69. The molecule has 3 nitrogen and oxygen atoms in total. The molecule has 0 spiro atoms. The monoisotopic (exact) mass is 236 g/mol. The fourth-order valence-corrected chi connectivity index (χ4v) is 1.64. The van der Waals surface area contributed by atoms with Gasteiger partial charge in [0.05, 0.1) is 13.0 Å². The zero-order chi connectivity index (χ0) is 12.5. The summed E-state index contributed by atoms with van der Waals surface area (Å²) in [6.45, 7) is 2.88. The molecule has 0 aromatic heterocycles. The van der Waals surface area contributed by atoms with Crippen molar-refractivity contribution in [2.45, 2.75) is 39.0 Å². The molecule has 0 heterocycles. The van der Waals surface area contributed by atoms with Gasteiger partial charge in [-0.15, -0.1) is 0 Å². The maximum Gasteiger partial charge on any atom is 0.307 e. The number of hydrogen-bond donors (Lipinski definition) is 1. The van der Waals surface area contributed by atoms with Crippen molar-refractivity contribution in [3.8, 4) is 5.75 Å². The smallest absolute Gasteiger partial charge is 0.307 e. The molecular formula is C14H20O3. The van der Waals surface area contributed by atoms with Crippen molar-refractivity contribution in [1.29, 1.82) is 0 Å². The number of rotatable bonds is 8. The molecule has 3 heteroatoms. The number of carboxylic acids is 1. The molecule has 0 saturated heterocycles. The Labute approximate surface area is 102 Å². The first kappa shape index (κ1) is 13.6. The number of ether oxygens (including phenoxy) is 1. The fraction of sp³-hybridized carbons (Fsp3) is 0.500. The van der Waals surface area contributed by atoms with E-state index in [0.717, 1.165) is 17.7 Å². The lowest BCUT2D eigenvalue weighted by atomic mass is 10.1. The van der Waals surface area contributed by atoms with E-state index in [4.69, 9.17) is 9.84 Å². The Morgan fingerprint density at radius 1 is 1.29 bits per heavy atom. The van der Waals surface area contributed by atoms with Gasteiger partial charge in [-0.1, -0.05) is 38.3 Å². The van der Waals surface area contributed by atoms with Crippen molar-refractivity contribution in [1.82, 2.24) is 0 Å². The van der Waals surface area contributed by atoms with Gasteiger partial charge in [0.15, 0.2) is 0 Å². The van der Waals surface area contributed by atoms with E-state index in [1.165, 1.54) is 19.3 Å². The van der Waals surface area contributed by atoms with E-state index in [9.17, 15) is 4.79 Å². The molecule has 0 aliphatic carbocycles. The number of carbonyl (C=O) groups is 1. The van der Waals surface area contributed by atoms with Gasteiger partial charge < -0.3 is 9.84 Å². The molecule has 0 aliphatic rings. The van der Waals surface area contributed by atoms with Gasteiger partial charge >= 0.3 is 5.97 Å². The Hall–Kier alpha value is -1.51. The van der Waals surface area contributed by atoms with Gasteiger partial charge in [0.2, 0.25) is 0 Å². The average Bonchev–Trinajstić information content (AvgIpc) is 2.28. The normalized spacial score (nSPS) is 10.2. The van der Waals surface area contributed by atoms with Crippen LogP contribution in [0.2, 0.25) is 0 Å². The molecule has 0 unspecified atom stereocenters. The highest BCUT2D eigenvalue weighted by atomic mass is 16.5. The van der Waals surface area contributed by atoms with E-state index < -0.39 is 5.97 Å². The Balaban J connectivity index is 2.35. The minimum absolute atomic E-state index is 0.0486. The molecule has 0 radical (unpaired) electrons. The van der Waals surface area contributed by atoms with E-state index in [1.54, 1.807) is 12.1 Å². The predicted octanol–water partition coefficient (Wildman–Crippen LogP) is 3.27. The lowest BCUT2D eigenvalue weighted by Crippen LogP contribution is -2.01. The van der Waals surface area contributed by atoms with Gasteiger partial charge in [-0.2, -0.15) is 0 Å². The summed E-state index contributed by atoms with van der Waals surface area (Å²) in [5.41, 5.74) is 0.781. The molecule has 0 bridgehead atoms. The van der Waals surface area contributed by atoms with Gasteiger partial charge in [0.25, 0.3) is 0 Å². The summed E-state index contributed by atoms with van der Waals surface area (Å²) >= 11 is 0. The number of aliphatic carboxylic acids is 1. The molecular weight excluding hydrogens is 216 g/mol. The third-order valence-corrected chi connectivity index (χ3v) is 2.52. The van der Waals surface area contributed by atoms with Crippen LogP contribution in [-0.2, 0) is 11.2 Å². The van der Waals surface area contributed by atoms with Crippen LogP contribution in [0.4, 0.5) is 0 Å². The maximum atomic E-state index is 10.6. The molecule has 1 rings (SSSR count). The van der Waals surface area contributed by atoms with Crippen molar-refractivity contribution in [3.05, 3.63) is 29.8 Å². The van der Waals surface area contributed by atoms with Gasteiger partial charge in [-0.05, 0) is 24.1 Å². The quantitative estimate of drug-likeness (QED) is 0.705. The average molecular weight is 236 g/mol. The molecule has 0 amide bonds. The largest absolute Gasteiger partial charge is 0.494 e. The van der Waals surface area contributed by atoms with Crippen LogP contribution in [0.15, 0.2) is 24.3 Å². The van der Waals surface area contributed by atoms with Gasteiger partial charge in [-0.25, -0.2) is 0 Å². The molecule has 17 heavy (non-hydrogen) atoms. The molecule has 1 aromatic carbocycles. The topological polar surface area (TPSA) is 46.5 Å². The van der Waals surface area contributed by atoms with Crippen LogP contribution in [0.1, 0.15) is 38.2 Å². The molecule has 1 aromatic rings. The summed E-state index contributed by atoms with van der Waals surface area (Å²) < 4.78 is 5.58. The highest BCUT2D eigenvalue weighted by Gasteiger charge is 2.01. The van der Waals surface area contributed by atoms with Gasteiger partial charge in [-0.3, -0.25) is 4.79 Å². The molecule has 0 atom stereocenters. The van der Waals surface area contributed by atoms with Crippen molar-refractivity contribution in [3.63, 3.8) is 0 Å². The van der Waals surface area contributed by atoms with Crippen LogP contribution in [0.5, 0.6) is 5.75 Å². The van der Waals surface area contributed by atoms with Crippen LogP contribution in [0, 0.1) is 0 Å². The summed E-state index contributed by atoms with van der Waals surface area (Å²) in [6.07, 6.45) is 4.74. The summed E-state index contributed by atoms with van der Waals surface area (Å²) in [6, 6.07) is 7.30. The van der Waals surface area contributed by atoms with Crippen LogP contribution in [0.3, 0.4) is 0 Å². The maximum absolute atomic E-state index is 10.6. The van der Waals surface area contributed by atoms with Gasteiger partial charge in [0.1, 0.15) is 5.75 Å². The number of benzene rings is 1. The summed E-state index contributed by atoms with van der Waals surface area (Å²) in [7, 11) is 0. The first-order valence-corrected chi connectivity index (χ1v) is 6.16. The van der Waals surface area contributed by atoms with Crippen molar-refractivity contribution in [2.75, 3.05) is 6.61 Å². The van der Waals surface area contributed by atoms with E-state index >= 15 is 0 Å². The van der Waals surface area contributed by atoms with Crippen LogP contribution < -0.4 is 4.74 Å². The molecule has 0 aliphatic heterocycles. The number of unbranched alkanes of at least 4 members (excludes halogenated alkanes) is 3. The first-order valence-electron chi connectivity index (χ1n) is 6.16. The minimum Gasteiger partial charge on any atom is -0.494 e. The third kappa shape index (κ3) is 5.95. The molecule has 1 N–H and O–H groups in total. The lowest BCUT2D eigenvalue weighted by Gasteiger charge is -2.07. The van der Waals surface area contributed by atoms with Crippen LogP contribution in [0.25, 0.3) is 0 Å². The molecule has 0 saturated carbocycles. The predicted molar refractivity (Wildman–Crippen MR) is 67.4 cm³/mol. The first-order chi connectivity index (χ1) is 8.22. The Morgan fingerprint density at radius 3 is 2.82 bits per heavy atom. The Kier molecular flexibility index (Phi) is 6.15. The van der Waals surface area contributed by atoms with E-state index in [2.05, 4.69) is 6.92 Å². The van der Waals surface area contributed by atoms with E-state index in [1.807, 2.05) is 12.1 Å². The second-order valence-corrected chi connectivity index (χ2v) is 4.13. The zero-order valence-corrected chi connectivity index (χ0v) is 10.3.